The zero-order chi connectivity index (χ0) is 53.4. The fourth-order valence-electron chi connectivity index (χ4n) is 8.67. The van der Waals surface area contributed by atoms with E-state index in [-0.39, 0.29) is 25.2 Å². The van der Waals surface area contributed by atoms with Crippen LogP contribution in [-0.2, 0) is 19.1 Å². The van der Waals surface area contributed by atoms with E-state index in [0.29, 0.717) is 12.8 Å². The van der Waals surface area contributed by atoms with E-state index in [1.165, 1.54) is 148 Å². The van der Waals surface area contributed by atoms with Gasteiger partial charge >= 0.3 is 11.9 Å². The first-order chi connectivity index (χ1) is 36.6. The van der Waals surface area contributed by atoms with Gasteiger partial charge in [0.1, 0.15) is 6.61 Å². The second-order valence-corrected chi connectivity index (χ2v) is 20.4. The summed E-state index contributed by atoms with van der Waals surface area (Å²) in [7, 11) is 0. The minimum Gasteiger partial charge on any atom is -0.462 e. The maximum absolute atomic E-state index is 12.3. The highest BCUT2D eigenvalue weighted by Gasteiger charge is 2.16. The molecule has 0 aliphatic heterocycles. The van der Waals surface area contributed by atoms with Crippen molar-refractivity contribution in [3.8, 4) is 0 Å². The lowest BCUT2D eigenvalue weighted by molar-refractivity contribution is -0.161. The molecule has 0 aromatic heterocycles. The summed E-state index contributed by atoms with van der Waals surface area (Å²) in [5.74, 6) is -0.624. The Morgan fingerprint density at radius 1 is 0.311 bits per heavy atom. The Hall–Kier alpha value is -3.70. The second kappa shape index (κ2) is 63.6. The van der Waals surface area contributed by atoms with E-state index in [4.69, 9.17) is 9.47 Å². The number of ether oxygens (including phenoxy) is 2. The monoisotopic (exact) mass is 1020 g/mol. The van der Waals surface area contributed by atoms with E-state index in [1.807, 2.05) is 0 Å². The topological polar surface area (TPSA) is 72.8 Å². The highest BCUT2D eigenvalue weighted by atomic mass is 16.6. The van der Waals surface area contributed by atoms with E-state index >= 15 is 0 Å². The lowest BCUT2D eigenvalue weighted by Gasteiger charge is -2.15. The van der Waals surface area contributed by atoms with Crippen molar-refractivity contribution in [3.05, 3.63) is 122 Å². The van der Waals surface area contributed by atoms with Crippen LogP contribution < -0.4 is 0 Å². The third kappa shape index (κ3) is 60.9. The normalized spacial score (nSPS) is 13.1. The summed E-state index contributed by atoms with van der Waals surface area (Å²) in [5, 5.41) is 9.66. The molecular weight excluding hydrogens is 909 g/mol. The third-order valence-corrected chi connectivity index (χ3v) is 13.3. The first kappa shape index (κ1) is 70.3. The smallest absolute Gasteiger partial charge is 0.306 e. The number of carbonyl (C=O) groups excluding carboxylic acids is 2. The van der Waals surface area contributed by atoms with Crippen LogP contribution in [0.2, 0.25) is 0 Å². The molecule has 422 valence electrons. The predicted octanol–water partition coefficient (Wildman–Crippen LogP) is 21.4. The average molecular weight is 1030 g/mol. The Balaban J connectivity index is 3.45. The molecule has 0 amide bonds. The van der Waals surface area contributed by atoms with Gasteiger partial charge in [0.15, 0.2) is 6.10 Å². The number of unbranched alkanes of at least 4 members (excludes halogenated alkanes) is 28. The fourth-order valence-corrected chi connectivity index (χ4v) is 8.67. The molecule has 0 aliphatic rings. The third-order valence-electron chi connectivity index (χ3n) is 13.3. The van der Waals surface area contributed by atoms with Crippen molar-refractivity contribution < 1.29 is 24.2 Å². The summed E-state index contributed by atoms with van der Waals surface area (Å²) in [4.78, 5) is 24.5. The Labute approximate surface area is 458 Å². The molecule has 0 fully saturated rings. The molecule has 0 aromatic rings. The largest absolute Gasteiger partial charge is 0.462 e. The molecule has 0 aliphatic carbocycles. The summed E-state index contributed by atoms with van der Waals surface area (Å²) in [6, 6.07) is 0. The number of aliphatic hydroxyl groups excluding tert-OH is 1. The highest BCUT2D eigenvalue weighted by Crippen LogP contribution is 2.17. The SMILES string of the molecule is CC/C=C\C/C=C\C/C=C\C/C=C\C/C=C\CCCCCCCCCCCCCCCCCCCCCCCCCCCC(=O)OC(CO)COC(=O)CCCCC/C=C\C/C=C\C/C=C\C/C=C\C/C=C\CC. The quantitative estimate of drug-likeness (QED) is 0.0373. The predicted molar refractivity (Wildman–Crippen MR) is 325 cm³/mol. The molecular formula is C69H116O5. The number of rotatable bonds is 56. The highest BCUT2D eigenvalue weighted by molar-refractivity contribution is 5.70. The van der Waals surface area contributed by atoms with Gasteiger partial charge in [-0.3, -0.25) is 9.59 Å². The zero-order valence-electron chi connectivity index (χ0n) is 48.3. The molecule has 0 spiro atoms. The van der Waals surface area contributed by atoms with Crippen molar-refractivity contribution in [2.45, 2.75) is 290 Å². The van der Waals surface area contributed by atoms with Gasteiger partial charge in [-0.15, -0.1) is 0 Å². The number of hydrogen-bond donors (Lipinski definition) is 1. The van der Waals surface area contributed by atoms with Gasteiger partial charge in [0, 0.05) is 12.8 Å². The Morgan fingerprint density at radius 3 is 0.824 bits per heavy atom. The minimum absolute atomic E-state index is 0.0860. The number of carbonyl (C=O) groups is 2. The van der Waals surface area contributed by atoms with Crippen LogP contribution in [-0.4, -0.2) is 36.4 Å². The van der Waals surface area contributed by atoms with Gasteiger partial charge < -0.3 is 14.6 Å². The van der Waals surface area contributed by atoms with Gasteiger partial charge in [0.2, 0.25) is 0 Å². The van der Waals surface area contributed by atoms with Gasteiger partial charge in [-0.05, 0) is 103 Å². The summed E-state index contributed by atoms with van der Waals surface area (Å²) >= 11 is 0. The molecule has 1 unspecified atom stereocenters. The molecule has 74 heavy (non-hydrogen) atoms. The molecule has 0 bridgehead atoms. The van der Waals surface area contributed by atoms with Gasteiger partial charge in [0.25, 0.3) is 0 Å². The minimum atomic E-state index is -0.791. The number of aliphatic hydroxyl groups is 1. The van der Waals surface area contributed by atoms with E-state index in [0.717, 1.165) is 109 Å². The van der Waals surface area contributed by atoms with Gasteiger partial charge in [0.05, 0.1) is 6.61 Å². The molecule has 0 rings (SSSR count). The van der Waals surface area contributed by atoms with Crippen LogP contribution in [0.15, 0.2) is 122 Å². The van der Waals surface area contributed by atoms with Crippen LogP contribution in [0.5, 0.6) is 0 Å². The van der Waals surface area contributed by atoms with Crippen LogP contribution in [0.1, 0.15) is 284 Å². The first-order valence-electron chi connectivity index (χ1n) is 31.1. The fraction of sp³-hybridized carbons (Fsp3) is 0.681. The van der Waals surface area contributed by atoms with E-state index in [9.17, 15) is 14.7 Å². The summed E-state index contributed by atoms with van der Waals surface area (Å²) in [6.07, 6.45) is 93.5. The molecule has 1 N–H and O–H groups in total. The van der Waals surface area contributed by atoms with Crippen LogP contribution in [0.25, 0.3) is 0 Å². The number of allylic oxidation sites excluding steroid dienone is 20. The van der Waals surface area contributed by atoms with Crippen molar-refractivity contribution >= 4 is 11.9 Å². The number of esters is 2. The Bertz CT molecular complexity index is 1490. The van der Waals surface area contributed by atoms with Gasteiger partial charge in [-0.1, -0.05) is 289 Å². The Kier molecular flexibility index (Phi) is 60.4. The summed E-state index contributed by atoms with van der Waals surface area (Å²) in [5.41, 5.74) is 0. The zero-order valence-corrected chi connectivity index (χ0v) is 48.3. The molecule has 0 heterocycles. The lowest BCUT2D eigenvalue weighted by atomic mass is 10.0. The lowest BCUT2D eigenvalue weighted by Crippen LogP contribution is -2.28. The van der Waals surface area contributed by atoms with E-state index in [1.54, 1.807) is 0 Å². The van der Waals surface area contributed by atoms with E-state index in [2.05, 4.69) is 135 Å². The van der Waals surface area contributed by atoms with Crippen LogP contribution in [0, 0.1) is 0 Å². The second-order valence-electron chi connectivity index (χ2n) is 20.4. The van der Waals surface area contributed by atoms with E-state index < -0.39 is 6.10 Å². The standard InChI is InChI=1S/C69H116O5/c1-3-5-7-9-11-13-15-17-19-21-23-24-25-26-27-28-29-30-31-32-33-34-35-36-37-38-39-40-41-42-43-44-46-48-50-52-54-56-58-60-62-64-69(72)74-67(65-70)66-73-68(71)63-61-59-57-55-53-51-49-47-45-22-20-18-16-14-12-10-8-6-4-2/h5-8,11-14,17-20,23-24,26-27,45,47,51,53,67,70H,3-4,9-10,15-16,21-22,25,28-44,46,48-50,52,54-66H2,1-2H3/b7-5-,8-6-,13-11-,14-12-,19-17-,20-18-,24-23-,27-26-,47-45-,53-51-. The molecule has 5 heteroatoms. The van der Waals surface area contributed by atoms with Crippen molar-refractivity contribution in [1.82, 2.24) is 0 Å². The molecule has 0 radical (unpaired) electrons. The summed E-state index contributed by atoms with van der Waals surface area (Å²) in [6.45, 7) is 3.90. The maximum atomic E-state index is 12.3. The Morgan fingerprint density at radius 2 is 0.541 bits per heavy atom. The van der Waals surface area contributed by atoms with Gasteiger partial charge in [-0.25, -0.2) is 0 Å². The van der Waals surface area contributed by atoms with Crippen molar-refractivity contribution in [1.29, 1.82) is 0 Å². The molecule has 0 aromatic carbocycles. The average Bonchev–Trinajstić information content (AvgIpc) is 3.40. The molecule has 1 atom stereocenters. The van der Waals surface area contributed by atoms with Gasteiger partial charge in [-0.2, -0.15) is 0 Å². The number of hydrogen-bond acceptors (Lipinski definition) is 5. The summed E-state index contributed by atoms with van der Waals surface area (Å²) < 4.78 is 10.7. The van der Waals surface area contributed by atoms with Crippen molar-refractivity contribution in [2.24, 2.45) is 0 Å². The van der Waals surface area contributed by atoms with Crippen LogP contribution >= 0.6 is 0 Å². The van der Waals surface area contributed by atoms with Crippen LogP contribution in [0.4, 0.5) is 0 Å². The maximum Gasteiger partial charge on any atom is 0.306 e. The molecule has 0 saturated heterocycles. The first-order valence-corrected chi connectivity index (χ1v) is 31.1. The van der Waals surface area contributed by atoms with Crippen LogP contribution in [0.3, 0.4) is 0 Å². The van der Waals surface area contributed by atoms with Crippen molar-refractivity contribution in [3.63, 3.8) is 0 Å². The molecule has 5 nitrogen and oxygen atoms in total. The molecule has 0 saturated carbocycles. The van der Waals surface area contributed by atoms with Crippen molar-refractivity contribution in [2.75, 3.05) is 13.2 Å².